The third kappa shape index (κ3) is 4.35. The molecular weight excluding hydrogens is 256 g/mol. The van der Waals surface area contributed by atoms with Gasteiger partial charge < -0.3 is 5.43 Å². The van der Waals surface area contributed by atoms with Crippen molar-refractivity contribution in [1.29, 1.82) is 0 Å². The molecule has 2 rings (SSSR count). The summed E-state index contributed by atoms with van der Waals surface area (Å²) in [4.78, 5) is 9.09. The third-order valence-corrected chi connectivity index (χ3v) is 4.90. The zero-order valence-electron chi connectivity index (χ0n) is 11.9. The number of nitrogen functional groups attached to an aromatic ring is 1. The Bertz CT molecular complexity index is 402. The van der Waals surface area contributed by atoms with Crippen LogP contribution in [0.25, 0.3) is 0 Å². The second-order valence-corrected chi connectivity index (χ2v) is 6.75. The van der Waals surface area contributed by atoms with Gasteiger partial charge in [-0.15, -0.1) is 0 Å². The number of anilines is 1. The highest BCUT2D eigenvalue weighted by molar-refractivity contribution is 7.99. The summed E-state index contributed by atoms with van der Waals surface area (Å²) in [5.41, 5.74) is 3.70. The average Bonchev–Trinajstić information content (AvgIpc) is 2.45. The molecule has 3 N–H and O–H groups in total. The number of nitrogens with two attached hydrogens (primary N) is 1. The number of hydrogen-bond donors (Lipinski definition) is 2. The fourth-order valence-electron chi connectivity index (χ4n) is 2.38. The molecule has 5 heteroatoms. The lowest BCUT2D eigenvalue weighted by Crippen LogP contribution is -2.13. The van der Waals surface area contributed by atoms with Crippen molar-refractivity contribution >= 4 is 17.6 Å². The van der Waals surface area contributed by atoms with Crippen molar-refractivity contribution < 1.29 is 0 Å². The van der Waals surface area contributed by atoms with Gasteiger partial charge in [0.25, 0.3) is 0 Å². The van der Waals surface area contributed by atoms with E-state index < -0.39 is 0 Å². The standard InChI is InChI=1S/C14H24N4S/c1-10(2)12-8-13(18-15)17-14(16-12)9-19-11-6-4-3-5-7-11/h8,10-11H,3-7,9,15H2,1-2H3,(H,16,17,18). The predicted molar refractivity (Wildman–Crippen MR) is 82.1 cm³/mol. The minimum absolute atomic E-state index is 0.397. The van der Waals surface area contributed by atoms with Crippen molar-refractivity contribution in [2.75, 3.05) is 5.43 Å². The SMILES string of the molecule is CC(C)c1cc(NN)nc(CSC2CCCCC2)n1. The first-order valence-electron chi connectivity index (χ1n) is 7.15. The van der Waals surface area contributed by atoms with Gasteiger partial charge >= 0.3 is 0 Å². The van der Waals surface area contributed by atoms with E-state index in [1.165, 1.54) is 32.1 Å². The molecule has 0 saturated heterocycles. The molecule has 1 aromatic heterocycles. The van der Waals surface area contributed by atoms with Crippen LogP contribution in [0.2, 0.25) is 0 Å². The molecule has 1 saturated carbocycles. The van der Waals surface area contributed by atoms with E-state index in [-0.39, 0.29) is 0 Å². The molecule has 19 heavy (non-hydrogen) atoms. The van der Waals surface area contributed by atoms with Gasteiger partial charge in [-0.2, -0.15) is 11.8 Å². The molecule has 0 radical (unpaired) electrons. The van der Waals surface area contributed by atoms with Crippen molar-refractivity contribution in [3.8, 4) is 0 Å². The Morgan fingerprint density at radius 1 is 1.32 bits per heavy atom. The molecule has 1 aliphatic rings. The van der Waals surface area contributed by atoms with Crippen molar-refractivity contribution in [3.63, 3.8) is 0 Å². The third-order valence-electron chi connectivity index (χ3n) is 3.53. The van der Waals surface area contributed by atoms with Gasteiger partial charge in [0.2, 0.25) is 0 Å². The minimum atomic E-state index is 0.397. The molecule has 0 unspecified atom stereocenters. The molecule has 0 aliphatic heterocycles. The molecule has 4 nitrogen and oxygen atoms in total. The number of rotatable bonds is 5. The summed E-state index contributed by atoms with van der Waals surface area (Å²) in [5.74, 6) is 8.38. The minimum Gasteiger partial charge on any atom is -0.308 e. The monoisotopic (exact) mass is 280 g/mol. The molecule has 1 heterocycles. The first-order chi connectivity index (χ1) is 9.19. The lowest BCUT2D eigenvalue weighted by molar-refractivity contribution is 0.516. The summed E-state index contributed by atoms with van der Waals surface area (Å²) >= 11 is 2.00. The number of hydrazine groups is 1. The van der Waals surface area contributed by atoms with Gasteiger partial charge in [0.1, 0.15) is 11.6 Å². The van der Waals surface area contributed by atoms with Crippen LogP contribution in [0.4, 0.5) is 5.82 Å². The molecule has 0 aromatic carbocycles. The van der Waals surface area contributed by atoms with Crippen LogP contribution in [-0.4, -0.2) is 15.2 Å². The Morgan fingerprint density at radius 2 is 2.05 bits per heavy atom. The van der Waals surface area contributed by atoms with E-state index in [2.05, 4.69) is 29.2 Å². The lowest BCUT2D eigenvalue weighted by Gasteiger charge is -2.20. The van der Waals surface area contributed by atoms with Crippen molar-refractivity contribution in [1.82, 2.24) is 9.97 Å². The summed E-state index contributed by atoms with van der Waals surface area (Å²) in [5, 5.41) is 0.786. The maximum atomic E-state index is 5.48. The highest BCUT2D eigenvalue weighted by Gasteiger charge is 2.15. The van der Waals surface area contributed by atoms with E-state index in [4.69, 9.17) is 5.84 Å². The Hall–Kier alpha value is -0.810. The molecule has 0 bridgehead atoms. The molecular formula is C14H24N4S. The normalized spacial score (nSPS) is 16.8. The summed E-state index contributed by atoms with van der Waals surface area (Å²) in [7, 11) is 0. The molecule has 1 aliphatic carbocycles. The van der Waals surface area contributed by atoms with Crippen LogP contribution in [0.1, 0.15) is 63.4 Å². The second-order valence-electron chi connectivity index (χ2n) is 5.46. The van der Waals surface area contributed by atoms with E-state index in [1.54, 1.807) is 0 Å². The van der Waals surface area contributed by atoms with E-state index in [1.807, 2.05) is 17.8 Å². The van der Waals surface area contributed by atoms with E-state index in [9.17, 15) is 0 Å². The van der Waals surface area contributed by atoms with Crippen LogP contribution < -0.4 is 11.3 Å². The molecule has 1 fully saturated rings. The molecule has 0 amide bonds. The van der Waals surface area contributed by atoms with E-state index in [0.717, 1.165) is 28.3 Å². The Kier molecular flexibility index (Phi) is 5.45. The smallest absolute Gasteiger partial charge is 0.143 e. The number of nitrogens with one attached hydrogen (secondary N) is 1. The Labute approximate surface area is 119 Å². The number of aromatic nitrogens is 2. The van der Waals surface area contributed by atoms with Gasteiger partial charge in [-0.25, -0.2) is 15.8 Å². The largest absolute Gasteiger partial charge is 0.308 e. The van der Waals surface area contributed by atoms with Crippen molar-refractivity contribution in [3.05, 3.63) is 17.6 Å². The Morgan fingerprint density at radius 3 is 2.68 bits per heavy atom. The van der Waals surface area contributed by atoms with Gasteiger partial charge in [-0.3, -0.25) is 0 Å². The maximum absolute atomic E-state index is 5.48. The van der Waals surface area contributed by atoms with E-state index in [0.29, 0.717) is 5.92 Å². The van der Waals surface area contributed by atoms with Crippen LogP contribution in [0.15, 0.2) is 6.07 Å². The number of nitrogens with zero attached hydrogens (tertiary/aromatic N) is 2. The van der Waals surface area contributed by atoms with Crippen LogP contribution >= 0.6 is 11.8 Å². The summed E-state index contributed by atoms with van der Waals surface area (Å²) in [6, 6.07) is 1.93. The fourth-order valence-corrected chi connectivity index (χ4v) is 3.56. The molecule has 106 valence electrons. The van der Waals surface area contributed by atoms with Crippen LogP contribution in [0.5, 0.6) is 0 Å². The molecule has 1 aromatic rings. The zero-order chi connectivity index (χ0) is 13.7. The van der Waals surface area contributed by atoms with Crippen LogP contribution in [0.3, 0.4) is 0 Å². The van der Waals surface area contributed by atoms with Crippen molar-refractivity contribution in [2.24, 2.45) is 5.84 Å². The number of thioether (sulfide) groups is 1. The predicted octanol–water partition coefficient (Wildman–Crippen LogP) is 3.45. The second kappa shape index (κ2) is 7.10. The van der Waals surface area contributed by atoms with Gasteiger partial charge in [-0.1, -0.05) is 33.1 Å². The van der Waals surface area contributed by atoms with Gasteiger partial charge in [0.05, 0.1) is 5.75 Å². The first-order valence-corrected chi connectivity index (χ1v) is 8.20. The highest BCUT2D eigenvalue weighted by atomic mass is 32.2. The average molecular weight is 280 g/mol. The molecule has 0 atom stereocenters. The van der Waals surface area contributed by atoms with E-state index >= 15 is 0 Å². The lowest BCUT2D eigenvalue weighted by atomic mass is 10.0. The summed E-state index contributed by atoms with van der Waals surface area (Å²) < 4.78 is 0. The number of hydrogen-bond acceptors (Lipinski definition) is 5. The summed E-state index contributed by atoms with van der Waals surface area (Å²) in [6.45, 7) is 4.28. The zero-order valence-corrected chi connectivity index (χ0v) is 12.7. The quantitative estimate of drug-likeness (QED) is 0.639. The maximum Gasteiger partial charge on any atom is 0.143 e. The van der Waals surface area contributed by atoms with Crippen LogP contribution in [0, 0.1) is 0 Å². The Balaban J connectivity index is 2.00. The highest BCUT2D eigenvalue weighted by Crippen LogP contribution is 2.30. The summed E-state index contributed by atoms with van der Waals surface area (Å²) in [6.07, 6.45) is 6.84. The topological polar surface area (TPSA) is 63.8 Å². The van der Waals surface area contributed by atoms with Gasteiger partial charge in [-0.05, 0) is 18.8 Å². The first kappa shape index (κ1) is 14.6. The van der Waals surface area contributed by atoms with Crippen LogP contribution in [-0.2, 0) is 5.75 Å². The van der Waals surface area contributed by atoms with Gasteiger partial charge in [0.15, 0.2) is 0 Å². The van der Waals surface area contributed by atoms with Gasteiger partial charge in [0, 0.05) is 17.0 Å². The van der Waals surface area contributed by atoms with Crippen molar-refractivity contribution in [2.45, 2.75) is 62.9 Å². The fraction of sp³-hybridized carbons (Fsp3) is 0.714. The molecule has 0 spiro atoms.